The molecule has 1 unspecified atom stereocenters. The lowest BCUT2D eigenvalue weighted by molar-refractivity contribution is -0.124. The normalized spacial score (nSPS) is 13.4. The maximum absolute atomic E-state index is 11.7. The molecule has 2 rings (SSSR count). The molecule has 5 nitrogen and oxygen atoms in total. The summed E-state index contributed by atoms with van der Waals surface area (Å²) in [7, 11) is 0. The van der Waals surface area contributed by atoms with Crippen LogP contribution in [0.4, 0.5) is 0 Å². The molecule has 0 aliphatic carbocycles. The zero-order chi connectivity index (χ0) is 16.0. The molecule has 0 fully saturated rings. The Morgan fingerprint density at radius 3 is 2.73 bits per heavy atom. The van der Waals surface area contributed by atoms with Crippen molar-refractivity contribution in [3.63, 3.8) is 0 Å². The van der Waals surface area contributed by atoms with Crippen molar-refractivity contribution in [3.05, 3.63) is 53.4 Å². The fourth-order valence-electron chi connectivity index (χ4n) is 1.87. The van der Waals surface area contributed by atoms with Crippen LogP contribution < -0.4 is 10.1 Å². The van der Waals surface area contributed by atoms with Gasteiger partial charge < -0.3 is 19.6 Å². The highest BCUT2D eigenvalue weighted by Crippen LogP contribution is 2.15. The van der Waals surface area contributed by atoms with Gasteiger partial charge in [-0.25, -0.2) is 0 Å². The van der Waals surface area contributed by atoms with E-state index in [1.54, 1.807) is 49.6 Å². The average Bonchev–Trinajstić information content (AvgIpc) is 2.97. The Bertz CT molecular complexity index is 593. The van der Waals surface area contributed by atoms with Crippen LogP contribution in [0.25, 0.3) is 0 Å². The third kappa shape index (κ3) is 5.42. The van der Waals surface area contributed by atoms with Crippen LogP contribution in [-0.4, -0.2) is 29.8 Å². The first-order chi connectivity index (χ1) is 10.4. The molecule has 2 aromatic rings. The second kappa shape index (κ2) is 7.33. The first-order valence-corrected chi connectivity index (χ1v) is 7.22. The molecule has 1 aromatic carbocycles. The van der Waals surface area contributed by atoms with Gasteiger partial charge in [-0.15, -0.1) is 0 Å². The lowest BCUT2D eigenvalue weighted by Gasteiger charge is -2.22. The molecule has 1 aromatic heterocycles. The summed E-state index contributed by atoms with van der Waals surface area (Å²) in [6.45, 7) is 1.62. The third-order valence-electron chi connectivity index (χ3n) is 2.99. The Labute approximate surface area is 133 Å². The third-order valence-corrected chi connectivity index (χ3v) is 3.24. The van der Waals surface area contributed by atoms with Crippen LogP contribution in [0.5, 0.6) is 5.75 Å². The van der Waals surface area contributed by atoms with Crippen LogP contribution in [0.2, 0.25) is 5.02 Å². The minimum atomic E-state index is -1.09. The number of halogens is 1. The number of ether oxygens (including phenoxy) is 1. The highest BCUT2D eigenvalue weighted by Gasteiger charge is 2.23. The molecule has 0 saturated heterocycles. The van der Waals surface area contributed by atoms with Gasteiger partial charge >= 0.3 is 0 Å². The summed E-state index contributed by atoms with van der Waals surface area (Å²) in [5.74, 6) is 0.910. The number of aliphatic hydroxyl groups is 1. The van der Waals surface area contributed by atoms with Crippen LogP contribution in [-0.2, 0) is 11.2 Å². The molecule has 6 heteroatoms. The zero-order valence-corrected chi connectivity index (χ0v) is 13.0. The molecule has 0 bridgehead atoms. The van der Waals surface area contributed by atoms with Gasteiger partial charge in [0.05, 0.1) is 11.9 Å². The van der Waals surface area contributed by atoms with E-state index in [1.165, 1.54) is 0 Å². The lowest BCUT2D eigenvalue weighted by atomic mass is 10.0. The van der Waals surface area contributed by atoms with Crippen molar-refractivity contribution in [1.82, 2.24) is 5.32 Å². The van der Waals surface area contributed by atoms with Gasteiger partial charge in [0.15, 0.2) is 6.61 Å². The van der Waals surface area contributed by atoms with Gasteiger partial charge in [0, 0.05) is 18.0 Å². The molecule has 22 heavy (non-hydrogen) atoms. The topological polar surface area (TPSA) is 71.7 Å². The van der Waals surface area contributed by atoms with Gasteiger partial charge in [-0.05, 0) is 43.3 Å². The standard InChI is InChI=1S/C16H18ClNO4/c1-16(20,9-14-3-2-8-21-14)11-18-15(19)10-22-13-6-4-12(17)5-7-13/h2-8,20H,9-11H2,1H3,(H,18,19). The quantitative estimate of drug-likeness (QED) is 0.821. The average molecular weight is 324 g/mol. The number of hydrogen-bond donors (Lipinski definition) is 2. The lowest BCUT2D eigenvalue weighted by Crippen LogP contribution is -2.43. The molecule has 0 spiro atoms. The number of rotatable bonds is 7. The van der Waals surface area contributed by atoms with Crippen molar-refractivity contribution in [2.75, 3.05) is 13.2 Å². The van der Waals surface area contributed by atoms with E-state index in [-0.39, 0.29) is 19.1 Å². The van der Waals surface area contributed by atoms with Crippen molar-refractivity contribution in [2.24, 2.45) is 0 Å². The number of carbonyl (C=O) groups is 1. The summed E-state index contributed by atoms with van der Waals surface area (Å²) in [6.07, 6.45) is 1.86. The predicted molar refractivity (Wildman–Crippen MR) is 83.0 cm³/mol. The van der Waals surface area contributed by atoms with E-state index < -0.39 is 5.60 Å². The van der Waals surface area contributed by atoms with Crippen molar-refractivity contribution in [1.29, 1.82) is 0 Å². The first-order valence-electron chi connectivity index (χ1n) is 6.84. The fourth-order valence-corrected chi connectivity index (χ4v) is 2.00. The molecule has 118 valence electrons. The van der Waals surface area contributed by atoms with Crippen molar-refractivity contribution in [3.8, 4) is 5.75 Å². The highest BCUT2D eigenvalue weighted by molar-refractivity contribution is 6.30. The van der Waals surface area contributed by atoms with Crippen molar-refractivity contribution >= 4 is 17.5 Å². The number of carbonyl (C=O) groups excluding carboxylic acids is 1. The minimum Gasteiger partial charge on any atom is -0.484 e. The van der Waals surface area contributed by atoms with Gasteiger partial charge in [0.25, 0.3) is 5.91 Å². The Morgan fingerprint density at radius 2 is 2.09 bits per heavy atom. The molecule has 1 amide bonds. The molecular formula is C16H18ClNO4. The number of furan rings is 1. The zero-order valence-electron chi connectivity index (χ0n) is 12.2. The molecule has 0 radical (unpaired) electrons. The highest BCUT2D eigenvalue weighted by atomic mass is 35.5. The van der Waals surface area contributed by atoms with E-state index in [2.05, 4.69) is 5.32 Å². The second-order valence-corrected chi connectivity index (χ2v) is 5.71. The van der Waals surface area contributed by atoms with E-state index in [9.17, 15) is 9.90 Å². The Morgan fingerprint density at radius 1 is 1.36 bits per heavy atom. The number of hydrogen-bond acceptors (Lipinski definition) is 4. The number of nitrogens with one attached hydrogen (secondary N) is 1. The van der Waals surface area contributed by atoms with Crippen LogP contribution in [0, 0.1) is 0 Å². The predicted octanol–water partition coefficient (Wildman–Crippen LogP) is 2.42. The summed E-state index contributed by atoms with van der Waals surface area (Å²) >= 11 is 5.76. The molecule has 0 aliphatic heterocycles. The minimum absolute atomic E-state index is 0.108. The molecule has 1 atom stereocenters. The van der Waals surface area contributed by atoms with Crippen LogP contribution in [0.1, 0.15) is 12.7 Å². The van der Waals surface area contributed by atoms with Gasteiger partial charge in [-0.2, -0.15) is 0 Å². The van der Waals surface area contributed by atoms with E-state index in [1.807, 2.05) is 0 Å². The van der Waals surface area contributed by atoms with E-state index in [0.29, 0.717) is 23.0 Å². The Hall–Kier alpha value is -1.98. The Kier molecular flexibility index (Phi) is 5.46. The van der Waals surface area contributed by atoms with Crippen LogP contribution in [0.3, 0.4) is 0 Å². The summed E-state index contributed by atoms with van der Waals surface area (Å²) in [5, 5.41) is 13.5. The first kappa shape index (κ1) is 16.4. The van der Waals surface area contributed by atoms with Gasteiger partial charge in [-0.1, -0.05) is 11.6 Å². The Balaban J connectivity index is 1.73. The molecule has 1 heterocycles. The fraction of sp³-hybridized carbons (Fsp3) is 0.312. The summed E-state index contributed by atoms with van der Waals surface area (Å²) in [4.78, 5) is 11.7. The monoisotopic (exact) mass is 323 g/mol. The maximum atomic E-state index is 11.7. The summed E-state index contributed by atoms with van der Waals surface area (Å²) in [6, 6.07) is 10.3. The number of amides is 1. The smallest absolute Gasteiger partial charge is 0.258 e. The van der Waals surface area contributed by atoms with Gasteiger partial charge in [-0.3, -0.25) is 4.79 Å². The second-order valence-electron chi connectivity index (χ2n) is 5.27. The molecular weight excluding hydrogens is 306 g/mol. The van der Waals surface area contributed by atoms with E-state index in [0.717, 1.165) is 0 Å². The summed E-state index contributed by atoms with van der Waals surface area (Å²) < 4.78 is 10.5. The molecule has 0 aliphatic rings. The van der Waals surface area contributed by atoms with Gasteiger partial charge in [0.1, 0.15) is 11.5 Å². The molecule has 0 saturated carbocycles. The largest absolute Gasteiger partial charge is 0.484 e. The summed E-state index contributed by atoms with van der Waals surface area (Å²) in [5.41, 5.74) is -1.09. The van der Waals surface area contributed by atoms with Crippen LogP contribution >= 0.6 is 11.6 Å². The van der Waals surface area contributed by atoms with Crippen LogP contribution in [0.15, 0.2) is 47.1 Å². The van der Waals surface area contributed by atoms with Crippen molar-refractivity contribution in [2.45, 2.75) is 18.9 Å². The van der Waals surface area contributed by atoms with Crippen molar-refractivity contribution < 1.29 is 19.1 Å². The maximum Gasteiger partial charge on any atom is 0.258 e. The van der Waals surface area contributed by atoms with E-state index in [4.69, 9.17) is 20.8 Å². The van der Waals surface area contributed by atoms with E-state index >= 15 is 0 Å². The molecule has 2 N–H and O–H groups in total. The van der Waals surface area contributed by atoms with Gasteiger partial charge in [0.2, 0.25) is 0 Å². The number of benzene rings is 1. The SMILES string of the molecule is CC(O)(CNC(=O)COc1ccc(Cl)cc1)Cc1ccco1.